The maximum atomic E-state index is 13.4. The van der Waals surface area contributed by atoms with Crippen LogP contribution in [0, 0.1) is 12.7 Å². The van der Waals surface area contributed by atoms with Crippen molar-refractivity contribution in [2.75, 3.05) is 7.11 Å². The van der Waals surface area contributed by atoms with E-state index in [9.17, 15) is 4.39 Å². The summed E-state index contributed by atoms with van der Waals surface area (Å²) >= 11 is 9.08. The van der Waals surface area contributed by atoms with Crippen molar-refractivity contribution < 1.29 is 9.13 Å². The molecule has 0 aliphatic carbocycles. The normalized spacial score (nSPS) is 10.5. The zero-order valence-corrected chi connectivity index (χ0v) is 12.0. The van der Waals surface area contributed by atoms with E-state index in [1.54, 1.807) is 19.2 Å². The highest BCUT2D eigenvalue weighted by molar-refractivity contribution is 9.10. The molecule has 2 aromatic rings. The number of nitrogens with zero attached hydrogens (tertiary/aromatic N) is 2. The molecule has 94 valence electrons. The van der Waals surface area contributed by atoms with Crippen LogP contribution in [-0.4, -0.2) is 17.1 Å². The number of hydrogen-bond acceptors (Lipinski definition) is 3. The van der Waals surface area contributed by atoms with Gasteiger partial charge in [0.2, 0.25) is 0 Å². The Labute approximate surface area is 117 Å². The quantitative estimate of drug-likeness (QED) is 0.780. The smallest absolute Gasteiger partial charge is 0.181 e. The molecule has 0 N–H and O–H groups in total. The van der Waals surface area contributed by atoms with Crippen LogP contribution in [0.2, 0.25) is 5.15 Å². The van der Waals surface area contributed by atoms with Crippen molar-refractivity contribution in [1.29, 1.82) is 0 Å². The predicted octanol–water partition coefficient (Wildman–Crippen LogP) is 4.02. The monoisotopic (exact) mass is 330 g/mol. The van der Waals surface area contributed by atoms with Gasteiger partial charge < -0.3 is 4.74 Å². The van der Waals surface area contributed by atoms with Crippen molar-refractivity contribution in [1.82, 2.24) is 9.97 Å². The molecule has 1 aromatic carbocycles. The molecule has 0 spiro atoms. The molecule has 1 heterocycles. The van der Waals surface area contributed by atoms with E-state index in [0.717, 1.165) is 4.47 Å². The van der Waals surface area contributed by atoms with Gasteiger partial charge in [0.05, 0.1) is 18.4 Å². The van der Waals surface area contributed by atoms with Crippen LogP contribution in [0.1, 0.15) is 5.69 Å². The van der Waals surface area contributed by atoms with Gasteiger partial charge in [0.15, 0.2) is 16.8 Å². The van der Waals surface area contributed by atoms with Gasteiger partial charge in [0, 0.05) is 4.47 Å². The zero-order chi connectivity index (χ0) is 13.3. The van der Waals surface area contributed by atoms with Crippen LogP contribution in [0.25, 0.3) is 11.4 Å². The van der Waals surface area contributed by atoms with E-state index in [0.29, 0.717) is 17.1 Å². The molecule has 0 saturated carbocycles. The summed E-state index contributed by atoms with van der Waals surface area (Å²) in [5.41, 5.74) is 0.851. The summed E-state index contributed by atoms with van der Waals surface area (Å²) in [4.78, 5) is 8.01. The molecule has 1 aromatic heterocycles. The first-order valence-corrected chi connectivity index (χ1v) is 6.23. The summed E-state index contributed by atoms with van der Waals surface area (Å²) in [7, 11) is 1.55. The van der Waals surface area contributed by atoms with Gasteiger partial charge in [0.1, 0.15) is 5.75 Å². The Hall–Kier alpha value is -1.20. The Kier molecular flexibility index (Phi) is 3.82. The van der Waals surface area contributed by atoms with Crippen molar-refractivity contribution >= 4 is 27.5 Å². The van der Waals surface area contributed by atoms with E-state index in [1.165, 1.54) is 6.92 Å². The van der Waals surface area contributed by atoms with E-state index in [2.05, 4.69) is 25.9 Å². The summed E-state index contributed by atoms with van der Waals surface area (Å²) in [5.74, 6) is 0.326. The highest BCUT2D eigenvalue weighted by atomic mass is 79.9. The topological polar surface area (TPSA) is 35.0 Å². The lowest BCUT2D eigenvalue weighted by atomic mass is 10.2. The molecule has 0 fully saturated rings. The third-order valence-electron chi connectivity index (χ3n) is 2.38. The Balaban J connectivity index is 2.65. The van der Waals surface area contributed by atoms with Gasteiger partial charge in [-0.05, 0) is 25.1 Å². The minimum atomic E-state index is -0.602. The van der Waals surface area contributed by atoms with Crippen LogP contribution < -0.4 is 4.74 Å². The van der Waals surface area contributed by atoms with Crippen LogP contribution in [0.15, 0.2) is 22.7 Å². The van der Waals surface area contributed by atoms with E-state index in [-0.39, 0.29) is 10.8 Å². The summed E-state index contributed by atoms with van der Waals surface area (Å²) < 4.78 is 19.5. The van der Waals surface area contributed by atoms with Crippen molar-refractivity contribution in [3.8, 4) is 17.1 Å². The lowest BCUT2D eigenvalue weighted by Gasteiger charge is -2.09. The molecule has 3 nitrogen and oxygen atoms in total. The number of rotatable bonds is 2. The van der Waals surface area contributed by atoms with Crippen molar-refractivity contribution in [2.24, 2.45) is 0 Å². The standard InChI is InChI=1S/C12H9BrClFN2O/c1-6-10(15)11(14)17-12(16-6)8-5-7(13)3-4-9(8)18-2/h3-5H,1-2H3. The molecule has 0 atom stereocenters. The lowest BCUT2D eigenvalue weighted by molar-refractivity contribution is 0.416. The van der Waals surface area contributed by atoms with Gasteiger partial charge in [0.25, 0.3) is 0 Å². The SMILES string of the molecule is COc1ccc(Br)cc1-c1nc(C)c(F)c(Cl)n1. The van der Waals surface area contributed by atoms with Gasteiger partial charge in [-0.3, -0.25) is 0 Å². The first kappa shape index (κ1) is 13.2. The maximum Gasteiger partial charge on any atom is 0.181 e. The first-order valence-electron chi connectivity index (χ1n) is 5.06. The maximum absolute atomic E-state index is 13.4. The summed E-state index contributed by atoms with van der Waals surface area (Å²) in [6.07, 6.45) is 0. The number of benzene rings is 1. The van der Waals surface area contributed by atoms with Gasteiger partial charge in [-0.25, -0.2) is 14.4 Å². The Morgan fingerprint density at radius 3 is 2.67 bits per heavy atom. The molecule has 0 radical (unpaired) electrons. The number of ether oxygens (including phenoxy) is 1. The molecule has 0 amide bonds. The second-order valence-corrected chi connectivity index (χ2v) is 4.86. The van der Waals surface area contributed by atoms with Crippen LogP contribution in [0.4, 0.5) is 4.39 Å². The van der Waals surface area contributed by atoms with E-state index < -0.39 is 5.82 Å². The Morgan fingerprint density at radius 2 is 2.06 bits per heavy atom. The number of halogens is 3. The molecule has 2 rings (SSSR count). The fourth-order valence-electron chi connectivity index (χ4n) is 1.50. The van der Waals surface area contributed by atoms with Crippen LogP contribution in [-0.2, 0) is 0 Å². The van der Waals surface area contributed by atoms with E-state index in [4.69, 9.17) is 16.3 Å². The minimum Gasteiger partial charge on any atom is -0.496 e. The van der Waals surface area contributed by atoms with Gasteiger partial charge in [-0.1, -0.05) is 27.5 Å². The largest absolute Gasteiger partial charge is 0.496 e. The minimum absolute atomic E-state index is 0.195. The number of methoxy groups -OCH3 is 1. The van der Waals surface area contributed by atoms with Crippen molar-refractivity contribution in [3.05, 3.63) is 39.3 Å². The number of aryl methyl sites for hydroxylation is 1. The second-order valence-electron chi connectivity index (χ2n) is 3.58. The number of hydrogen-bond donors (Lipinski definition) is 0. The van der Waals surface area contributed by atoms with Crippen LogP contribution >= 0.6 is 27.5 Å². The highest BCUT2D eigenvalue weighted by Crippen LogP contribution is 2.31. The third kappa shape index (κ3) is 2.47. The molecular formula is C12H9BrClFN2O. The van der Waals surface area contributed by atoms with Gasteiger partial charge >= 0.3 is 0 Å². The summed E-state index contributed by atoms with van der Waals surface area (Å²) in [6, 6.07) is 5.40. The summed E-state index contributed by atoms with van der Waals surface area (Å²) in [6.45, 7) is 1.54. The van der Waals surface area contributed by atoms with Gasteiger partial charge in [-0.2, -0.15) is 0 Å². The molecule has 0 saturated heterocycles. The Morgan fingerprint density at radius 1 is 1.33 bits per heavy atom. The first-order chi connectivity index (χ1) is 8.52. The highest BCUT2D eigenvalue weighted by Gasteiger charge is 2.14. The average Bonchev–Trinajstić information content (AvgIpc) is 2.35. The number of aromatic nitrogens is 2. The molecule has 0 aliphatic heterocycles. The fourth-order valence-corrected chi connectivity index (χ4v) is 2.08. The molecule has 18 heavy (non-hydrogen) atoms. The van der Waals surface area contributed by atoms with Gasteiger partial charge in [-0.15, -0.1) is 0 Å². The molecule has 6 heteroatoms. The molecule has 0 unspecified atom stereocenters. The third-order valence-corrected chi connectivity index (χ3v) is 3.12. The second kappa shape index (κ2) is 5.20. The average molecular weight is 332 g/mol. The Bertz CT molecular complexity index is 584. The fraction of sp³-hybridized carbons (Fsp3) is 0.167. The van der Waals surface area contributed by atoms with Crippen molar-refractivity contribution in [3.63, 3.8) is 0 Å². The van der Waals surface area contributed by atoms with Crippen molar-refractivity contribution in [2.45, 2.75) is 6.92 Å². The zero-order valence-electron chi connectivity index (χ0n) is 9.67. The molecule has 0 bridgehead atoms. The summed E-state index contributed by atoms with van der Waals surface area (Å²) in [5, 5.41) is -0.195. The lowest BCUT2D eigenvalue weighted by Crippen LogP contribution is -1.99. The van der Waals surface area contributed by atoms with E-state index >= 15 is 0 Å². The molecular weight excluding hydrogens is 322 g/mol. The predicted molar refractivity (Wildman–Crippen MR) is 71.4 cm³/mol. The van der Waals surface area contributed by atoms with Crippen LogP contribution in [0.3, 0.4) is 0 Å². The van der Waals surface area contributed by atoms with E-state index in [1.807, 2.05) is 6.07 Å². The van der Waals surface area contributed by atoms with Crippen LogP contribution in [0.5, 0.6) is 5.75 Å². The molecule has 0 aliphatic rings.